The van der Waals surface area contributed by atoms with E-state index in [9.17, 15) is 72.5 Å². The Bertz CT molecular complexity index is 4930. The number of carbonyl (C=O) groups is 13. The van der Waals surface area contributed by atoms with E-state index >= 15 is 0 Å². The van der Waals surface area contributed by atoms with Crippen LogP contribution in [0.4, 0.5) is 32.3 Å². The maximum atomic E-state index is 14.5. The number of nitrogens with zero attached hydrogens (tertiary/aromatic N) is 5. The molecule has 9 N–H and O–H groups in total. The number of unbranched alkanes of at least 4 members (excludes halogenated alkanes) is 2. The molecule has 4 aromatic carbocycles. The first-order valence-electron chi connectivity index (χ1n) is 48.5. The first-order valence-corrected chi connectivity index (χ1v) is 48.5. The normalized spacial score (nSPS) is 17.3. The minimum atomic E-state index is -1.60. The summed E-state index contributed by atoms with van der Waals surface area (Å²) in [6, 6.07) is 12.8. The third kappa shape index (κ3) is 35.2. The second kappa shape index (κ2) is 59.3. The summed E-state index contributed by atoms with van der Waals surface area (Å²) >= 11 is 0. The lowest BCUT2D eigenvalue weighted by atomic mass is 9.94. The van der Waals surface area contributed by atoms with E-state index in [2.05, 4.69) is 37.2 Å². The van der Waals surface area contributed by atoms with E-state index in [0.717, 1.165) is 20.9 Å². The highest BCUT2D eigenvalue weighted by molar-refractivity contribution is 6.08. The van der Waals surface area contributed by atoms with Crippen LogP contribution in [0.25, 0.3) is 0 Å². The van der Waals surface area contributed by atoms with E-state index in [-0.39, 0.29) is 191 Å². The van der Waals surface area contributed by atoms with Crippen LogP contribution in [-0.4, -0.2) is 324 Å². The number of nitrogens with one attached hydrogen (secondary N) is 7. The molecule has 5 aliphatic rings. The molecule has 1 fully saturated rings. The van der Waals surface area contributed by atoms with Crippen molar-refractivity contribution in [2.75, 3.05) is 194 Å². The summed E-state index contributed by atoms with van der Waals surface area (Å²) in [6.45, 7) is 23.5. The van der Waals surface area contributed by atoms with Gasteiger partial charge < -0.3 is 133 Å². The van der Waals surface area contributed by atoms with Gasteiger partial charge in [-0.05, 0) is 125 Å². The van der Waals surface area contributed by atoms with E-state index in [1.807, 2.05) is 13.8 Å². The zero-order valence-electron chi connectivity index (χ0n) is 84.0. The predicted octanol–water partition coefficient (Wildman–Crippen LogP) is 6.80. The Balaban J connectivity index is 0.647. The summed E-state index contributed by atoms with van der Waals surface area (Å²) < 4.78 is 90.4. The fourth-order valence-corrected chi connectivity index (χ4v) is 15.8. The molecule has 143 heavy (non-hydrogen) atoms. The number of imide groups is 1. The molecule has 13 amide bonds. The molecular formula is C100H142N12O31. The summed E-state index contributed by atoms with van der Waals surface area (Å²) in [4.78, 5) is 180. The number of benzene rings is 4. The standard InChI is InChI=1S/C100H142N12O31/c1-62(2)73-55-87(116)108(94(73)121)29-25-84(113)101-28-34-133-38-40-135-42-44-137-46-48-139-50-49-138-47-45-136-43-41-134-39-37-132-33-27-86(115)107-89(64(5)6)93(120)103-68(10)91(118)105-72-23-19-70(20-24-72)61-143-100(127)112-77-57-83(81(130-13)54-75(77)96(123)110-59-66(8)52-79(110)98(112)125)141-31-16-14-15-30-140-82-56-76-74(53-80(82)129-12)95(122)109-58-65(7)51-78(109)97(124)111(76)99(126)142-60-69-17-21-71(22-18-69)104-90(117)67(9)102-92(119)88(63(3)4)106-85(114)26-32-131-36-35-128-11/h17-24,53-54,56-59,62-64,67-68,73,78-79,88-89,97-98,124-125H,14-16,25-52,55,60-61H2,1-13H3,(H,101,113)(H,102,119)(H,103,120)(H,104,117)(H,105,118)(H,106,114)(H,107,115)/t67-,68-,73?,78-,79-,88-,89-,97-,98-/m0/s1. The summed E-state index contributed by atoms with van der Waals surface area (Å²) in [7, 11) is 4.33. The quantitative estimate of drug-likeness (QED) is 0.0162. The SMILES string of the molecule is COCCOCCC(=O)N[C@H](C(=O)N[C@@H](C)C(=O)Nc1ccc(COC(=O)N2c3cc(OCCCCCOc4cc5c(cc4OC)C(=O)N4C=C(C)C[C@H]4[C@H](O)N5C(=O)OCc4ccc(NC(=O)[C@H](C)NC(=O)[C@@H](NC(=O)CCOCCOCCOCCOCCOCCOCCOCCOCCNC(=O)CCN5C(=O)CC(C(C)C)C5=O)C(C)C)cc4)c(OC)cc3C(=O)N3C=C(C)C[C@H]3[C@@H]2O)cc1)C(C)C. The van der Waals surface area contributed by atoms with Crippen molar-refractivity contribution in [2.24, 2.45) is 23.7 Å². The molecule has 788 valence electrons. The number of amides is 13. The smallest absolute Gasteiger partial charge is 0.416 e. The number of rotatable bonds is 63. The van der Waals surface area contributed by atoms with Gasteiger partial charge in [0.1, 0.15) is 37.4 Å². The van der Waals surface area contributed by atoms with Crippen LogP contribution in [0.2, 0.25) is 0 Å². The first-order chi connectivity index (χ1) is 68.7. The maximum Gasteiger partial charge on any atom is 0.416 e. The highest BCUT2D eigenvalue weighted by Crippen LogP contribution is 2.45. The number of methoxy groups -OCH3 is 3. The van der Waals surface area contributed by atoms with Crippen molar-refractivity contribution in [3.05, 3.63) is 119 Å². The third-order valence-electron chi connectivity index (χ3n) is 23.8. The van der Waals surface area contributed by atoms with Gasteiger partial charge in [-0.1, -0.05) is 77.0 Å². The molecular weight excluding hydrogens is 1870 g/mol. The van der Waals surface area contributed by atoms with Crippen LogP contribution in [0, 0.1) is 23.7 Å². The number of fused-ring (bicyclic) bond motifs is 4. The van der Waals surface area contributed by atoms with Gasteiger partial charge in [0.2, 0.25) is 53.2 Å². The minimum absolute atomic E-state index is 0.00416. The molecule has 43 nitrogen and oxygen atoms in total. The number of aliphatic hydroxyl groups is 2. The van der Waals surface area contributed by atoms with Crippen molar-refractivity contribution in [2.45, 2.75) is 189 Å². The molecule has 9 atom stereocenters. The van der Waals surface area contributed by atoms with Crippen molar-refractivity contribution in [3.63, 3.8) is 0 Å². The van der Waals surface area contributed by atoms with Crippen LogP contribution in [0.3, 0.4) is 0 Å². The van der Waals surface area contributed by atoms with Crippen LogP contribution < -0.4 is 66.0 Å². The molecule has 0 aliphatic carbocycles. The Morgan fingerprint density at radius 1 is 0.413 bits per heavy atom. The highest BCUT2D eigenvalue weighted by Gasteiger charge is 2.48. The Labute approximate surface area is 833 Å². The molecule has 5 heterocycles. The van der Waals surface area contributed by atoms with Crippen LogP contribution in [0.1, 0.15) is 159 Å². The van der Waals surface area contributed by atoms with Gasteiger partial charge in [-0.3, -0.25) is 57.6 Å². The van der Waals surface area contributed by atoms with E-state index < -0.39 is 102 Å². The molecule has 0 radical (unpaired) electrons. The number of ether oxygens (including phenoxy) is 16. The number of aliphatic hydroxyl groups excluding tert-OH is 2. The Morgan fingerprint density at radius 2 is 0.783 bits per heavy atom. The number of anilines is 4. The molecule has 4 aromatic rings. The second-order valence-electron chi connectivity index (χ2n) is 35.8. The van der Waals surface area contributed by atoms with Crippen molar-refractivity contribution in [1.29, 1.82) is 0 Å². The van der Waals surface area contributed by atoms with E-state index in [1.165, 1.54) is 74.1 Å². The monoisotopic (exact) mass is 2010 g/mol. The van der Waals surface area contributed by atoms with Gasteiger partial charge in [0.05, 0.1) is 188 Å². The van der Waals surface area contributed by atoms with Gasteiger partial charge in [0.15, 0.2) is 35.5 Å². The molecule has 43 heteroatoms. The van der Waals surface area contributed by atoms with Crippen LogP contribution >= 0.6 is 0 Å². The fraction of sp³-hybridized carbons (Fsp3) is 0.590. The largest absolute Gasteiger partial charge is 0.493 e. The van der Waals surface area contributed by atoms with Gasteiger partial charge in [-0.2, -0.15) is 0 Å². The maximum absolute atomic E-state index is 14.5. The predicted molar refractivity (Wildman–Crippen MR) is 519 cm³/mol. The molecule has 5 aliphatic heterocycles. The molecule has 0 aromatic heterocycles. The lowest BCUT2D eigenvalue weighted by Crippen LogP contribution is -2.53. The Morgan fingerprint density at radius 3 is 1.14 bits per heavy atom. The number of likely N-dealkylation sites (tertiary alicyclic amines) is 1. The van der Waals surface area contributed by atoms with Gasteiger partial charge >= 0.3 is 12.2 Å². The zero-order valence-corrected chi connectivity index (χ0v) is 84.0. The number of hydrogen-bond donors (Lipinski definition) is 9. The topological polar surface area (TPSA) is 510 Å². The van der Waals surface area contributed by atoms with Crippen LogP contribution in [-0.2, 0) is 113 Å². The Kier molecular flexibility index (Phi) is 47.5. The number of hydrogen-bond acceptors (Lipinski definition) is 31. The molecule has 1 saturated heterocycles. The third-order valence-corrected chi connectivity index (χ3v) is 23.8. The number of carbonyl (C=O) groups excluding carboxylic acids is 13. The highest BCUT2D eigenvalue weighted by atomic mass is 16.6. The van der Waals surface area contributed by atoms with Gasteiger partial charge in [-0.15, -0.1) is 0 Å². The first kappa shape index (κ1) is 115. The van der Waals surface area contributed by atoms with Crippen molar-refractivity contribution >= 4 is 99.9 Å². The Hall–Kier alpha value is -12.0. The average molecular weight is 2010 g/mol. The summed E-state index contributed by atoms with van der Waals surface area (Å²) in [5.41, 5.74) is 3.29. The van der Waals surface area contributed by atoms with Gasteiger partial charge in [-0.25, -0.2) is 19.4 Å². The average Bonchev–Trinajstić information content (AvgIpc) is 1.59. The van der Waals surface area contributed by atoms with Crippen LogP contribution in [0.5, 0.6) is 23.0 Å². The second-order valence-corrected chi connectivity index (χ2v) is 35.8. The van der Waals surface area contributed by atoms with Crippen LogP contribution in [0.15, 0.2) is 96.3 Å². The van der Waals surface area contributed by atoms with Crippen molar-refractivity contribution in [1.82, 2.24) is 41.3 Å². The van der Waals surface area contributed by atoms with E-state index in [0.29, 0.717) is 147 Å². The molecule has 0 bridgehead atoms. The van der Waals surface area contributed by atoms with Crippen molar-refractivity contribution in [3.8, 4) is 23.0 Å². The zero-order chi connectivity index (χ0) is 104. The van der Waals surface area contributed by atoms with E-state index in [1.54, 1.807) is 102 Å². The molecule has 9 rings (SSSR count). The van der Waals surface area contributed by atoms with E-state index in [4.69, 9.17) is 75.8 Å². The molecule has 0 spiro atoms. The summed E-state index contributed by atoms with van der Waals surface area (Å²) in [6.07, 6.45) is 0.207. The summed E-state index contributed by atoms with van der Waals surface area (Å²) in [5, 5.41) is 43.3. The van der Waals surface area contributed by atoms with Crippen molar-refractivity contribution < 1.29 is 148 Å². The molecule has 0 saturated carbocycles. The summed E-state index contributed by atoms with van der Waals surface area (Å²) in [5.74, 6) is -5.04. The lowest BCUT2D eigenvalue weighted by molar-refractivity contribution is -0.140. The minimum Gasteiger partial charge on any atom is -0.493 e. The van der Waals surface area contributed by atoms with Gasteiger partial charge in [0, 0.05) is 87.7 Å². The fourth-order valence-electron chi connectivity index (χ4n) is 15.8. The van der Waals surface area contributed by atoms with Gasteiger partial charge in [0.25, 0.3) is 11.8 Å². The molecule has 1 unspecified atom stereocenters. The lowest BCUT2D eigenvalue weighted by Gasteiger charge is -2.31.